The average Bonchev–Trinajstić information content (AvgIpc) is 2.81. The number of rotatable bonds is 2. The van der Waals surface area contributed by atoms with Crippen LogP contribution in [-0.2, 0) is 6.42 Å². The van der Waals surface area contributed by atoms with E-state index >= 15 is 0 Å². The third-order valence-electron chi connectivity index (χ3n) is 4.04. The molecule has 1 aromatic carbocycles. The van der Waals surface area contributed by atoms with Crippen LogP contribution in [0.2, 0.25) is 0 Å². The third-order valence-corrected chi connectivity index (χ3v) is 4.04. The van der Waals surface area contributed by atoms with Crippen LogP contribution in [0.4, 0.5) is 0 Å². The van der Waals surface area contributed by atoms with E-state index in [1.54, 1.807) is 0 Å². The summed E-state index contributed by atoms with van der Waals surface area (Å²) in [5.74, 6) is 0. The fourth-order valence-electron chi connectivity index (χ4n) is 2.95. The predicted octanol–water partition coefficient (Wildman–Crippen LogP) is 2.87. The molecule has 1 aliphatic rings. The highest BCUT2D eigenvalue weighted by atomic mass is 15.2. The lowest BCUT2D eigenvalue weighted by molar-refractivity contribution is 0.214. The molecular weight excluding hydrogens is 222 g/mol. The molecule has 1 saturated heterocycles. The number of aryl methyl sites for hydroxylation is 1. The molecule has 1 fully saturated rings. The molecule has 3 rings (SSSR count). The number of piperidine rings is 1. The zero-order valence-corrected chi connectivity index (χ0v) is 11.3. The van der Waals surface area contributed by atoms with Gasteiger partial charge in [-0.1, -0.05) is 13.0 Å². The molecule has 0 radical (unpaired) electrons. The summed E-state index contributed by atoms with van der Waals surface area (Å²) >= 11 is 0. The molecule has 1 unspecified atom stereocenters. The smallest absolute Gasteiger partial charge is 0.0961 e. The summed E-state index contributed by atoms with van der Waals surface area (Å²) in [6, 6.07) is 7.22. The molecular formula is C15H21N3. The molecule has 0 N–H and O–H groups in total. The Labute approximate surface area is 108 Å². The first-order chi connectivity index (χ1) is 8.78. The van der Waals surface area contributed by atoms with Crippen LogP contribution in [0.25, 0.3) is 11.0 Å². The summed E-state index contributed by atoms with van der Waals surface area (Å²) in [7, 11) is 2.21. The van der Waals surface area contributed by atoms with E-state index in [-0.39, 0.29) is 0 Å². The number of benzene rings is 1. The van der Waals surface area contributed by atoms with Gasteiger partial charge in [0.15, 0.2) is 0 Å². The van der Waals surface area contributed by atoms with Gasteiger partial charge in [-0.05, 0) is 50.6 Å². The first kappa shape index (κ1) is 11.7. The lowest BCUT2D eigenvalue weighted by Gasteiger charge is -2.30. The van der Waals surface area contributed by atoms with Crippen LogP contribution in [0.3, 0.4) is 0 Å². The molecule has 0 saturated carbocycles. The molecule has 96 valence electrons. The minimum absolute atomic E-state index is 0.584. The standard InChI is InChI=1S/C15H21N3/c1-3-12-6-7-14-15(9-12)18(11-16-14)13-5-4-8-17(2)10-13/h6-7,9,11,13H,3-5,8,10H2,1-2H3. The summed E-state index contributed by atoms with van der Waals surface area (Å²) in [4.78, 5) is 6.96. The van der Waals surface area contributed by atoms with Crippen molar-refractivity contribution < 1.29 is 0 Å². The average molecular weight is 243 g/mol. The normalized spacial score (nSPS) is 21.6. The Hall–Kier alpha value is -1.35. The summed E-state index contributed by atoms with van der Waals surface area (Å²) in [5.41, 5.74) is 3.82. The van der Waals surface area contributed by atoms with Crippen LogP contribution in [-0.4, -0.2) is 34.6 Å². The maximum absolute atomic E-state index is 4.54. The molecule has 0 aliphatic carbocycles. The Morgan fingerprint density at radius 1 is 1.39 bits per heavy atom. The van der Waals surface area contributed by atoms with Crippen molar-refractivity contribution in [3.8, 4) is 0 Å². The van der Waals surface area contributed by atoms with E-state index in [4.69, 9.17) is 0 Å². The molecule has 1 aliphatic heterocycles. The monoisotopic (exact) mass is 243 g/mol. The number of likely N-dealkylation sites (N-methyl/N-ethyl adjacent to an activating group) is 1. The highest BCUT2D eigenvalue weighted by Gasteiger charge is 2.20. The fraction of sp³-hybridized carbons (Fsp3) is 0.533. The van der Waals surface area contributed by atoms with Crippen LogP contribution in [0.5, 0.6) is 0 Å². The quantitative estimate of drug-likeness (QED) is 0.808. The highest BCUT2D eigenvalue weighted by Crippen LogP contribution is 2.25. The summed E-state index contributed by atoms with van der Waals surface area (Å²) in [6.45, 7) is 4.57. The van der Waals surface area contributed by atoms with Gasteiger partial charge in [0, 0.05) is 12.6 Å². The third kappa shape index (κ3) is 2.03. The predicted molar refractivity (Wildman–Crippen MR) is 74.9 cm³/mol. The Bertz CT molecular complexity index is 544. The van der Waals surface area contributed by atoms with Crippen molar-refractivity contribution >= 4 is 11.0 Å². The zero-order valence-electron chi connectivity index (χ0n) is 11.3. The van der Waals surface area contributed by atoms with Crippen LogP contribution in [0.1, 0.15) is 31.4 Å². The van der Waals surface area contributed by atoms with Crippen molar-refractivity contribution in [2.45, 2.75) is 32.2 Å². The molecule has 0 amide bonds. The number of likely N-dealkylation sites (tertiary alicyclic amines) is 1. The van der Waals surface area contributed by atoms with Crippen LogP contribution in [0, 0.1) is 0 Å². The number of fused-ring (bicyclic) bond motifs is 1. The van der Waals surface area contributed by atoms with Crippen LogP contribution in [0.15, 0.2) is 24.5 Å². The largest absolute Gasteiger partial charge is 0.326 e. The first-order valence-electron chi connectivity index (χ1n) is 6.92. The van der Waals surface area contributed by atoms with Gasteiger partial charge >= 0.3 is 0 Å². The Morgan fingerprint density at radius 3 is 3.06 bits per heavy atom. The van der Waals surface area contributed by atoms with Crippen molar-refractivity contribution in [1.29, 1.82) is 0 Å². The number of hydrogen-bond acceptors (Lipinski definition) is 2. The molecule has 0 spiro atoms. The van der Waals surface area contributed by atoms with E-state index in [1.165, 1.54) is 30.5 Å². The minimum Gasteiger partial charge on any atom is -0.326 e. The highest BCUT2D eigenvalue weighted by molar-refractivity contribution is 5.76. The molecule has 0 bridgehead atoms. The molecule has 1 atom stereocenters. The fourth-order valence-corrected chi connectivity index (χ4v) is 2.95. The summed E-state index contributed by atoms with van der Waals surface area (Å²) < 4.78 is 2.38. The van der Waals surface area contributed by atoms with Crippen molar-refractivity contribution in [1.82, 2.24) is 14.5 Å². The van der Waals surface area contributed by atoms with Crippen molar-refractivity contribution in [2.75, 3.05) is 20.1 Å². The van der Waals surface area contributed by atoms with Gasteiger partial charge in [0.2, 0.25) is 0 Å². The van der Waals surface area contributed by atoms with Gasteiger partial charge in [-0.3, -0.25) is 0 Å². The van der Waals surface area contributed by atoms with Crippen molar-refractivity contribution in [3.05, 3.63) is 30.1 Å². The van der Waals surface area contributed by atoms with Gasteiger partial charge in [0.05, 0.1) is 17.4 Å². The second-order valence-corrected chi connectivity index (χ2v) is 5.39. The van der Waals surface area contributed by atoms with Gasteiger partial charge in [-0.2, -0.15) is 0 Å². The summed E-state index contributed by atoms with van der Waals surface area (Å²) in [5, 5.41) is 0. The zero-order chi connectivity index (χ0) is 12.5. The van der Waals surface area contributed by atoms with E-state index in [2.05, 4.69) is 46.6 Å². The molecule has 2 aromatic rings. The molecule has 18 heavy (non-hydrogen) atoms. The van der Waals surface area contributed by atoms with E-state index < -0.39 is 0 Å². The Balaban J connectivity index is 2.00. The van der Waals surface area contributed by atoms with Gasteiger partial charge in [0.1, 0.15) is 0 Å². The first-order valence-corrected chi connectivity index (χ1v) is 6.92. The number of nitrogens with zero attached hydrogens (tertiary/aromatic N) is 3. The molecule has 3 nitrogen and oxygen atoms in total. The lowest BCUT2D eigenvalue weighted by Crippen LogP contribution is -2.33. The van der Waals surface area contributed by atoms with Gasteiger partial charge in [-0.25, -0.2) is 4.98 Å². The molecule has 2 heterocycles. The summed E-state index contributed by atoms with van der Waals surface area (Å²) in [6.07, 6.45) is 5.67. The van der Waals surface area contributed by atoms with Gasteiger partial charge < -0.3 is 9.47 Å². The molecule has 1 aromatic heterocycles. The lowest BCUT2D eigenvalue weighted by atomic mass is 10.1. The number of imidazole rings is 1. The maximum Gasteiger partial charge on any atom is 0.0961 e. The second-order valence-electron chi connectivity index (χ2n) is 5.39. The van der Waals surface area contributed by atoms with Crippen LogP contribution >= 0.6 is 0 Å². The topological polar surface area (TPSA) is 21.1 Å². The van der Waals surface area contributed by atoms with Crippen molar-refractivity contribution in [3.63, 3.8) is 0 Å². The van der Waals surface area contributed by atoms with Gasteiger partial charge in [-0.15, -0.1) is 0 Å². The second kappa shape index (κ2) is 4.73. The van der Waals surface area contributed by atoms with E-state index in [0.29, 0.717) is 6.04 Å². The Morgan fingerprint density at radius 2 is 2.28 bits per heavy atom. The number of hydrogen-bond donors (Lipinski definition) is 0. The minimum atomic E-state index is 0.584. The van der Waals surface area contributed by atoms with Crippen LogP contribution < -0.4 is 0 Å². The Kier molecular flexibility index (Phi) is 3.08. The van der Waals surface area contributed by atoms with E-state index in [0.717, 1.165) is 18.5 Å². The van der Waals surface area contributed by atoms with Crippen molar-refractivity contribution in [2.24, 2.45) is 0 Å². The van der Waals surface area contributed by atoms with E-state index in [9.17, 15) is 0 Å². The SMILES string of the molecule is CCc1ccc2ncn(C3CCCN(C)C3)c2c1. The van der Waals surface area contributed by atoms with E-state index in [1.807, 2.05) is 6.33 Å². The maximum atomic E-state index is 4.54. The van der Waals surface area contributed by atoms with Gasteiger partial charge in [0.25, 0.3) is 0 Å². The number of aromatic nitrogens is 2. The molecule has 3 heteroatoms.